The van der Waals surface area contributed by atoms with Crippen LogP contribution in [0.4, 0.5) is 0 Å². The van der Waals surface area contributed by atoms with Gasteiger partial charge in [0, 0.05) is 32.8 Å². The molecule has 0 aliphatic carbocycles. The zero-order valence-corrected chi connectivity index (χ0v) is 15.2. The standard InChI is InChI=1S/C16H27ClN4O2/c1-11-14(17)15(20(4)18-11)16(23)21-8-7-13(19(2)3)12(10-21)6-5-9-22/h12-13,22H,5-10H2,1-4H3/t12-,13+/m1/s1. The van der Waals surface area contributed by atoms with E-state index in [4.69, 9.17) is 16.7 Å². The molecule has 23 heavy (non-hydrogen) atoms. The summed E-state index contributed by atoms with van der Waals surface area (Å²) in [6, 6.07) is 0.439. The lowest BCUT2D eigenvalue weighted by atomic mass is 9.87. The number of aliphatic hydroxyl groups is 1. The summed E-state index contributed by atoms with van der Waals surface area (Å²) in [5.74, 6) is 0.312. The van der Waals surface area contributed by atoms with Crippen LogP contribution in [-0.2, 0) is 7.05 Å². The lowest BCUT2D eigenvalue weighted by Crippen LogP contribution is -2.51. The zero-order chi connectivity index (χ0) is 17.1. The van der Waals surface area contributed by atoms with E-state index in [9.17, 15) is 4.79 Å². The summed E-state index contributed by atoms with van der Waals surface area (Å²) in [6.45, 7) is 3.42. The molecule has 1 aromatic rings. The summed E-state index contributed by atoms with van der Waals surface area (Å²) < 4.78 is 1.57. The van der Waals surface area contributed by atoms with Gasteiger partial charge in [-0.25, -0.2) is 0 Å². The van der Waals surface area contributed by atoms with Gasteiger partial charge in [-0.1, -0.05) is 11.6 Å². The number of carbonyl (C=O) groups is 1. The van der Waals surface area contributed by atoms with Gasteiger partial charge in [0.05, 0.1) is 10.7 Å². The Kier molecular flexibility index (Phi) is 6.06. The molecule has 0 spiro atoms. The van der Waals surface area contributed by atoms with Gasteiger partial charge >= 0.3 is 0 Å². The van der Waals surface area contributed by atoms with Gasteiger partial charge in [0.25, 0.3) is 5.91 Å². The molecule has 1 aliphatic heterocycles. The Hall–Kier alpha value is -1.11. The summed E-state index contributed by atoms with van der Waals surface area (Å²) in [5.41, 5.74) is 1.14. The third kappa shape index (κ3) is 3.87. The number of rotatable bonds is 5. The first-order valence-electron chi connectivity index (χ1n) is 8.12. The monoisotopic (exact) mass is 342 g/mol. The maximum absolute atomic E-state index is 12.9. The highest BCUT2D eigenvalue weighted by atomic mass is 35.5. The molecular formula is C16H27ClN4O2. The third-order valence-corrected chi connectivity index (χ3v) is 5.18. The molecule has 2 heterocycles. The van der Waals surface area contributed by atoms with Crippen molar-refractivity contribution in [3.05, 3.63) is 16.4 Å². The van der Waals surface area contributed by atoms with Crippen molar-refractivity contribution < 1.29 is 9.90 Å². The van der Waals surface area contributed by atoms with Gasteiger partial charge in [-0.2, -0.15) is 5.10 Å². The molecule has 2 atom stereocenters. The highest BCUT2D eigenvalue weighted by Crippen LogP contribution is 2.28. The van der Waals surface area contributed by atoms with Crippen molar-refractivity contribution in [1.29, 1.82) is 0 Å². The smallest absolute Gasteiger partial charge is 0.273 e. The minimum atomic E-state index is -0.0516. The van der Waals surface area contributed by atoms with E-state index >= 15 is 0 Å². The fraction of sp³-hybridized carbons (Fsp3) is 0.750. The van der Waals surface area contributed by atoms with Gasteiger partial charge in [-0.15, -0.1) is 0 Å². The molecule has 1 aliphatic rings. The van der Waals surface area contributed by atoms with Gasteiger partial charge in [-0.05, 0) is 46.2 Å². The van der Waals surface area contributed by atoms with E-state index in [2.05, 4.69) is 24.1 Å². The number of hydrogen-bond acceptors (Lipinski definition) is 4. The van der Waals surface area contributed by atoms with Crippen LogP contribution in [-0.4, -0.2) is 70.4 Å². The number of aryl methyl sites for hydroxylation is 2. The first-order chi connectivity index (χ1) is 10.9. The summed E-state index contributed by atoms with van der Waals surface area (Å²) in [6.07, 6.45) is 2.62. The molecule has 0 radical (unpaired) electrons. The van der Waals surface area contributed by atoms with Crippen LogP contribution in [0.3, 0.4) is 0 Å². The summed E-state index contributed by atoms with van der Waals surface area (Å²) in [7, 11) is 5.91. The second-order valence-electron chi connectivity index (χ2n) is 6.57. The normalized spacial score (nSPS) is 22.0. The van der Waals surface area contributed by atoms with Crippen LogP contribution < -0.4 is 0 Å². The fourth-order valence-electron chi connectivity index (χ4n) is 3.54. The lowest BCUT2D eigenvalue weighted by Gasteiger charge is -2.41. The van der Waals surface area contributed by atoms with E-state index in [1.807, 2.05) is 4.90 Å². The van der Waals surface area contributed by atoms with E-state index in [0.29, 0.717) is 34.9 Å². The maximum Gasteiger partial charge on any atom is 0.273 e. The highest BCUT2D eigenvalue weighted by Gasteiger charge is 2.34. The number of carbonyl (C=O) groups excluding carboxylic acids is 1. The number of aliphatic hydroxyl groups excluding tert-OH is 1. The van der Waals surface area contributed by atoms with Gasteiger partial charge in [0.15, 0.2) is 0 Å². The Morgan fingerprint density at radius 2 is 2.17 bits per heavy atom. The van der Waals surface area contributed by atoms with Crippen LogP contribution in [0.15, 0.2) is 0 Å². The first-order valence-corrected chi connectivity index (χ1v) is 8.50. The molecule has 2 rings (SSSR count). The molecule has 1 saturated heterocycles. The lowest BCUT2D eigenvalue weighted by molar-refractivity contribution is 0.0486. The largest absolute Gasteiger partial charge is 0.396 e. The molecule has 0 bridgehead atoms. The van der Waals surface area contributed by atoms with Crippen molar-refractivity contribution in [2.24, 2.45) is 13.0 Å². The summed E-state index contributed by atoms with van der Waals surface area (Å²) >= 11 is 6.26. The van der Waals surface area contributed by atoms with Gasteiger partial charge in [0.1, 0.15) is 5.69 Å². The molecule has 1 amide bonds. The number of piperidine rings is 1. The molecule has 6 nitrogen and oxygen atoms in total. The Morgan fingerprint density at radius 1 is 1.48 bits per heavy atom. The SMILES string of the molecule is Cc1nn(C)c(C(=O)N2CC[C@H](N(C)C)[C@H](CCCO)C2)c1Cl. The van der Waals surface area contributed by atoms with Gasteiger partial charge < -0.3 is 14.9 Å². The molecule has 1 fully saturated rings. The van der Waals surface area contributed by atoms with E-state index < -0.39 is 0 Å². The molecular weight excluding hydrogens is 316 g/mol. The summed E-state index contributed by atoms with van der Waals surface area (Å²) in [5, 5.41) is 13.8. The predicted octanol–water partition coefficient (Wildman–Crippen LogP) is 1.55. The number of hydrogen-bond donors (Lipinski definition) is 1. The Labute approximate surface area is 143 Å². The van der Waals surface area contributed by atoms with Gasteiger partial charge in [-0.3, -0.25) is 9.48 Å². The molecule has 0 saturated carbocycles. The van der Waals surface area contributed by atoms with Crippen LogP contribution in [0.25, 0.3) is 0 Å². The summed E-state index contributed by atoms with van der Waals surface area (Å²) in [4.78, 5) is 17.0. The average Bonchev–Trinajstić information content (AvgIpc) is 2.76. The fourth-order valence-corrected chi connectivity index (χ4v) is 3.78. The highest BCUT2D eigenvalue weighted by molar-refractivity contribution is 6.34. The number of amides is 1. The second kappa shape index (κ2) is 7.64. The molecule has 130 valence electrons. The van der Waals surface area contributed by atoms with E-state index in [1.165, 1.54) is 0 Å². The van der Waals surface area contributed by atoms with Crippen LogP contribution >= 0.6 is 11.6 Å². The first kappa shape index (κ1) is 18.2. The van der Waals surface area contributed by atoms with Crippen LogP contribution in [0.2, 0.25) is 5.02 Å². The minimum Gasteiger partial charge on any atom is -0.396 e. The van der Waals surface area contributed by atoms with Crippen molar-refractivity contribution in [1.82, 2.24) is 19.6 Å². The van der Waals surface area contributed by atoms with Crippen molar-refractivity contribution >= 4 is 17.5 Å². The van der Waals surface area contributed by atoms with Crippen LogP contribution in [0.1, 0.15) is 35.4 Å². The average molecular weight is 343 g/mol. The topological polar surface area (TPSA) is 61.6 Å². The number of aromatic nitrogens is 2. The van der Waals surface area contributed by atoms with Crippen molar-refractivity contribution in [3.8, 4) is 0 Å². The molecule has 1 aromatic heterocycles. The minimum absolute atomic E-state index is 0.0516. The number of likely N-dealkylation sites (tertiary alicyclic amines) is 1. The van der Waals surface area contributed by atoms with Crippen molar-refractivity contribution in [3.63, 3.8) is 0 Å². The van der Waals surface area contributed by atoms with Gasteiger partial charge in [0.2, 0.25) is 0 Å². The molecule has 0 aromatic carbocycles. The Balaban J connectivity index is 2.15. The molecule has 7 heteroatoms. The molecule has 1 N–H and O–H groups in total. The number of halogens is 1. The van der Waals surface area contributed by atoms with Crippen LogP contribution in [0.5, 0.6) is 0 Å². The Morgan fingerprint density at radius 3 is 2.70 bits per heavy atom. The van der Waals surface area contributed by atoms with E-state index in [0.717, 1.165) is 25.8 Å². The predicted molar refractivity (Wildman–Crippen MR) is 90.8 cm³/mol. The van der Waals surface area contributed by atoms with Crippen LogP contribution in [0, 0.1) is 12.8 Å². The third-order valence-electron chi connectivity index (χ3n) is 4.73. The molecule has 0 unspecified atom stereocenters. The van der Waals surface area contributed by atoms with E-state index in [1.54, 1.807) is 18.7 Å². The Bertz CT molecular complexity index is 559. The number of nitrogens with zero attached hydrogens (tertiary/aromatic N) is 4. The van der Waals surface area contributed by atoms with E-state index in [-0.39, 0.29) is 12.5 Å². The van der Waals surface area contributed by atoms with Crippen molar-refractivity contribution in [2.75, 3.05) is 33.8 Å². The zero-order valence-electron chi connectivity index (χ0n) is 14.4. The quantitative estimate of drug-likeness (QED) is 0.882. The second-order valence-corrected chi connectivity index (χ2v) is 6.95. The maximum atomic E-state index is 12.9. The van der Waals surface area contributed by atoms with Crippen molar-refractivity contribution in [2.45, 2.75) is 32.2 Å².